The normalized spacial score (nSPS) is 18.9. The van der Waals surface area contributed by atoms with Crippen molar-refractivity contribution in [1.29, 1.82) is 0 Å². The number of nitrogens with two attached hydrogens (primary N) is 1. The molecule has 15 heavy (non-hydrogen) atoms. The van der Waals surface area contributed by atoms with E-state index in [9.17, 15) is 5.11 Å². The summed E-state index contributed by atoms with van der Waals surface area (Å²) in [5.41, 5.74) is 6.85. The highest BCUT2D eigenvalue weighted by Crippen LogP contribution is 2.57. The highest BCUT2D eigenvalue weighted by atomic mass is 79.9. The maximum Gasteiger partial charge on any atom is 0.119 e. The Kier molecular flexibility index (Phi) is 2.36. The van der Waals surface area contributed by atoms with Gasteiger partial charge in [-0.3, -0.25) is 0 Å². The van der Waals surface area contributed by atoms with Crippen molar-refractivity contribution in [2.24, 2.45) is 5.73 Å². The average Bonchev–Trinajstić information content (AvgIpc) is 2.88. The minimum Gasteiger partial charge on any atom is -0.508 e. The van der Waals surface area contributed by atoms with E-state index in [-0.39, 0.29) is 11.0 Å². The summed E-state index contributed by atoms with van der Waals surface area (Å²) in [7, 11) is 0. The van der Waals surface area contributed by atoms with Gasteiger partial charge in [0.2, 0.25) is 0 Å². The van der Waals surface area contributed by atoms with E-state index in [1.165, 1.54) is 0 Å². The SMILES string of the molecule is CC(C)(N)C1(c2cc(Br)ccc2O)CC1. The average molecular weight is 270 g/mol. The first-order chi connectivity index (χ1) is 6.87. The highest BCUT2D eigenvalue weighted by molar-refractivity contribution is 9.10. The van der Waals surface area contributed by atoms with Gasteiger partial charge in [-0.05, 0) is 44.9 Å². The van der Waals surface area contributed by atoms with E-state index in [0.717, 1.165) is 22.9 Å². The molecule has 0 unspecified atom stereocenters. The van der Waals surface area contributed by atoms with Crippen LogP contribution < -0.4 is 5.73 Å². The molecule has 1 aliphatic carbocycles. The lowest BCUT2D eigenvalue weighted by Gasteiger charge is -2.31. The first-order valence-corrected chi connectivity index (χ1v) is 5.94. The molecule has 1 aromatic rings. The highest BCUT2D eigenvalue weighted by Gasteiger charge is 2.54. The predicted octanol–water partition coefficient (Wildman–Crippen LogP) is 2.92. The van der Waals surface area contributed by atoms with Crippen LogP contribution in [0.15, 0.2) is 22.7 Å². The Labute approximate surface area is 98.6 Å². The molecule has 0 saturated heterocycles. The Morgan fingerprint density at radius 3 is 2.47 bits per heavy atom. The Balaban J connectivity index is 2.50. The van der Waals surface area contributed by atoms with Crippen LogP contribution in [0.2, 0.25) is 0 Å². The van der Waals surface area contributed by atoms with Gasteiger partial charge in [-0.25, -0.2) is 0 Å². The molecule has 1 aromatic carbocycles. The second-order valence-corrected chi connectivity index (χ2v) is 5.88. The van der Waals surface area contributed by atoms with E-state index in [4.69, 9.17) is 5.73 Å². The van der Waals surface area contributed by atoms with E-state index in [1.807, 2.05) is 26.0 Å². The number of hydrogen-bond acceptors (Lipinski definition) is 2. The van der Waals surface area contributed by atoms with Crippen LogP contribution in [-0.2, 0) is 5.41 Å². The molecule has 3 heteroatoms. The number of rotatable bonds is 2. The molecule has 0 aliphatic heterocycles. The molecule has 3 N–H and O–H groups in total. The van der Waals surface area contributed by atoms with Crippen LogP contribution in [0, 0.1) is 0 Å². The Bertz CT molecular complexity index is 391. The Morgan fingerprint density at radius 1 is 1.40 bits per heavy atom. The molecule has 2 nitrogen and oxygen atoms in total. The summed E-state index contributed by atoms with van der Waals surface area (Å²) in [6.45, 7) is 4.06. The summed E-state index contributed by atoms with van der Waals surface area (Å²) in [6.07, 6.45) is 2.11. The number of phenolic OH excluding ortho intramolecular Hbond substituents is 1. The van der Waals surface area contributed by atoms with Crippen LogP contribution in [0.1, 0.15) is 32.3 Å². The number of halogens is 1. The van der Waals surface area contributed by atoms with Crippen LogP contribution in [0.25, 0.3) is 0 Å². The van der Waals surface area contributed by atoms with Gasteiger partial charge in [0.25, 0.3) is 0 Å². The lowest BCUT2D eigenvalue weighted by molar-refractivity contribution is 0.372. The van der Waals surface area contributed by atoms with Crippen molar-refractivity contribution in [2.45, 2.75) is 37.6 Å². The number of benzene rings is 1. The Morgan fingerprint density at radius 2 is 2.00 bits per heavy atom. The predicted molar refractivity (Wildman–Crippen MR) is 65.0 cm³/mol. The molecule has 0 bridgehead atoms. The maximum absolute atomic E-state index is 9.90. The molecule has 0 heterocycles. The first kappa shape index (κ1) is 11.0. The second-order valence-electron chi connectivity index (χ2n) is 4.97. The van der Waals surface area contributed by atoms with Gasteiger partial charge in [0.1, 0.15) is 5.75 Å². The molecule has 0 spiro atoms. The van der Waals surface area contributed by atoms with Crippen molar-refractivity contribution in [3.8, 4) is 5.75 Å². The number of hydrogen-bond donors (Lipinski definition) is 2. The van der Waals surface area contributed by atoms with Crippen LogP contribution in [0.4, 0.5) is 0 Å². The third-order valence-corrected chi connectivity index (χ3v) is 3.95. The van der Waals surface area contributed by atoms with Crippen LogP contribution >= 0.6 is 15.9 Å². The van der Waals surface area contributed by atoms with Crippen molar-refractivity contribution >= 4 is 15.9 Å². The van der Waals surface area contributed by atoms with Crippen molar-refractivity contribution in [3.63, 3.8) is 0 Å². The minimum atomic E-state index is -0.286. The standard InChI is InChI=1S/C12H16BrNO/c1-11(2,14)12(5-6-12)9-7-8(13)3-4-10(9)15/h3-4,7,15H,5-6,14H2,1-2H3. The van der Waals surface area contributed by atoms with Gasteiger partial charge in [-0.1, -0.05) is 15.9 Å². The van der Waals surface area contributed by atoms with Gasteiger partial charge >= 0.3 is 0 Å². The van der Waals surface area contributed by atoms with Crippen LogP contribution in [0.3, 0.4) is 0 Å². The van der Waals surface area contributed by atoms with Crippen LogP contribution in [-0.4, -0.2) is 10.6 Å². The summed E-state index contributed by atoms with van der Waals surface area (Å²) < 4.78 is 0.992. The fraction of sp³-hybridized carbons (Fsp3) is 0.500. The molecule has 2 rings (SSSR count). The zero-order valence-electron chi connectivity index (χ0n) is 9.05. The zero-order chi connectivity index (χ0) is 11.3. The van der Waals surface area contributed by atoms with E-state index >= 15 is 0 Å². The zero-order valence-corrected chi connectivity index (χ0v) is 10.6. The fourth-order valence-electron chi connectivity index (χ4n) is 2.28. The molecular formula is C12H16BrNO. The van der Waals surface area contributed by atoms with Gasteiger partial charge < -0.3 is 10.8 Å². The van der Waals surface area contributed by atoms with Crippen molar-refractivity contribution < 1.29 is 5.11 Å². The summed E-state index contributed by atoms with van der Waals surface area (Å²) in [5.74, 6) is 0.356. The molecular weight excluding hydrogens is 254 g/mol. The van der Waals surface area contributed by atoms with Crippen LogP contribution in [0.5, 0.6) is 5.75 Å². The van der Waals surface area contributed by atoms with Crippen molar-refractivity contribution in [1.82, 2.24) is 0 Å². The summed E-state index contributed by atoms with van der Waals surface area (Å²) >= 11 is 3.43. The summed E-state index contributed by atoms with van der Waals surface area (Å²) in [5, 5.41) is 9.90. The lowest BCUT2D eigenvalue weighted by Crippen LogP contribution is -2.45. The molecule has 0 radical (unpaired) electrons. The molecule has 0 atom stereocenters. The minimum absolute atomic E-state index is 0.0408. The second kappa shape index (κ2) is 3.22. The van der Waals surface area contributed by atoms with E-state index in [0.29, 0.717) is 5.75 Å². The maximum atomic E-state index is 9.90. The van der Waals surface area contributed by atoms with Crippen molar-refractivity contribution in [3.05, 3.63) is 28.2 Å². The molecule has 0 amide bonds. The van der Waals surface area contributed by atoms with Crippen molar-refractivity contribution in [2.75, 3.05) is 0 Å². The molecule has 1 saturated carbocycles. The quantitative estimate of drug-likeness (QED) is 0.868. The van der Waals surface area contributed by atoms with Gasteiger partial charge in [0, 0.05) is 21.0 Å². The molecule has 0 aromatic heterocycles. The van der Waals surface area contributed by atoms with Gasteiger partial charge in [0.05, 0.1) is 0 Å². The van der Waals surface area contributed by atoms with Gasteiger partial charge in [0.15, 0.2) is 0 Å². The Hall–Kier alpha value is -0.540. The van der Waals surface area contributed by atoms with Gasteiger partial charge in [-0.15, -0.1) is 0 Å². The lowest BCUT2D eigenvalue weighted by atomic mass is 9.79. The number of aromatic hydroxyl groups is 1. The first-order valence-electron chi connectivity index (χ1n) is 5.15. The summed E-state index contributed by atoms with van der Waals surface area (Å²) in [6, 6.07) is 5.56. The third-order valence-electron chi connectivity index (χ3n) is 3.46. The third kappa shape index (κ3) is 1.68. The monoisotopic (exact) mass is 269 g/mol. The molecule has 1 fully saturated rings. The van der Waals surface area contributed by atoms with E-state index < -0.39 is 0 Å². The topological polar surface area (TPSA) is 46.2 Å². The van der Waals surface area contributed by atoms with Gasteiger partial charge in [-0.2, -0.15) is 0 Å². The number of phenols is 1. The van der Waals surface area contributed by atoms with E-state index in [1.54, 1.807) is 6.07 Å². The van der Waals surface area contributed by atoms with E-state index in [2.05, 4.69) is 15.9 Å². The summed E-state index contributed by atoms with van der Waals surface area (Å²) in [4.78, 5) is 0. The molecule has 1 aliphatic rings. The smallest absolute Gasteiger partial charge is 0.119 e. The molecule has 82 valence electrons. The largest absolute Gasteiger partial charge is 0.508 e. The fourth-order valence-corrected chi connectivity index (χ4v) is 2.64.